The summed E-state index contributed by atoms with van der Waals surface area (Å²) < 4.78 is 0.425. The third-order valence-corrected chi connectivity index (χ3v) is 3.55. The van der Waals surface area contributed by atoms with Crippen LogP contribution < -0.4 is 0 Å². The molecule has 6 heteroatoms. The topological polar surface area (TPSA) is 64.8 Å². The van der Waals surface area contributed by atoms with Gasteiger partial charge in [-0.05, 0) is 24.2 Å². The number of carbonyl (C=O) groups excluding carboxylic acids is 1. The van der Waals surface area contributed by atoms with E-state index >= 15 is 0 Å². The largest absolute Gasteiger partial charge is 0.328 e. The molecule has 0 bridgehead atoms. The number of rotatable bonds is 3. The van der Waals surface area contributed by atoms with E-state index in [4.69, 9.17) is 12.2 Å². The molecule has 19 heavy (non-hydrogen) atoms. The molecule has 1 aromatic heterocycles. The van der Waals surface area contributed by atoms with E-state index in [0.29, 0.717) is 17.7 Å². The fourth-order valence-corrected chi connectivity index (χ4v) is 2.59. The molecule has 1 saturated heterocycles. The number of aromatic nitrogens is 3. The molecular weight excluding hydrogens is 260 g/mol. The van der Waals surface area contributed by atoms with Gasteiger partial charge in [-0.15, -0.1) is 0 Å². The first-order valence-corrected chi connectivity index (χ1v) is 6.63. The molecule has 1 aromatic carbocycles. The van der Waals surface area contributed by atoms with Crippen molar-refractivity contribution in [3.8, 4) is 0 Å². The first-order valence-electron chi connectivity index (χ1n) is 6.22. The van der Waals surface area contributed by atoms with Gasteiger partial charge in [0.1, 0.15) is 5.82 Å². The van der Waals surface area contributed by atoms with Crippen molar-refractivity contribution < 1.29 is 4.79 Å². The van der Waals surface area contributed by atoms with E-state index in [0.717, 1.165) is 17.8 Å². The highest BCUT2D eigenvalue weighted by Gasteiger charge is 2.33. The van der Waals surface area contributed by atoms with Crippen LogP contribution >= 0.6 is 12.2 Å². The van der Waals surface area contributed by atoms with Crippen molar-refractivity contribution >= 4 is 18.1 Å². The summed E-state index contributed by atoms with van der Waals surface area (Å²) in [4.78, 5) is 18.1. The lowest BCUT2D eigenvalue weighted by atomic mass is 10.2. The van der Waals surface area contributed by atoms with Gasteiger partial charge in [-0.25, -0.2) is 4.98 Å². The fourth-order valence-electron chi connectivity index (χ4n) is 2.44. The molecule has 1 amide bonds. The lowest BCUT2D eigenvalue weighted by Crippen LogP contribution is -2.27. The number of H-pyrrole nitrogens is 2. The van der Waals surface area contributed by atoms with Gasteiger partial charge in [-0.3, -0.25) is 15.0 Å². The molecule has 1 unspecified atom stereocenters. The molecule has 2 aromatic rings. The maximum absolute atomic E-state index is 12.0. The van der Waals surface area contributed by atoms with Crippen molar-refractivity contribution in [1.29, 1.82) is 0 Å². The van der Waals surface area contributed by atoms with Crippen LogP contribution in [0.15, 0.2) is 30.3 Å². The molecule has 3 rings (SSSR count). The van der Waals surface area contributed by atoms with Crippen LogP contribution in [0.5, 0.6) is 0 Å². The van der Waals surface area contributed by atoms with E-state index in [-0.39, 0.29) is 11.9 Å². The average Bonchev–Trinajstić information content (AvgIpc) is 2.99. The highest BCUT2D eigenvalue weighted by atomic mass is 32.1. The van der Waals surface area contributed by atoms with Crippen molar-refractivity contribution in [3.63, 3.8) is 0 Å². The van der Waals surface area contributed by atoms with Crippen LogP contribution in [0, 0.1) is 4.77 Å². The summed E-state index contributed by atoms with van der Waals surface area (Å²) in [5.74, 6) is 0.906. The summed E-state index contributed by atoms with van der Waals surface area (Å²) in [5.41, 5.74) is 1.12. The third kappa shape index (κ3) is 2.44. The highest BCUT2D eigenvalue weighted by molar-refractivity contribution is 7.71. The number of benzene rings is 1. The molecule has 5 nitrogen and oxygen atoms in total. The van der Waals surface area contributed by atoms with E-state index in [1.165, 1.54) is 0 Å². The second kappa shape index (κ2) is 4.97. The van der Waals surface area contributed by atoms with Gasteiger partial charge in [0.15, 0.2) is 0 Å². The Bertz CT molecular complexity index is 633. The Morgan fingerprint density at radius 3 is 2.79 bits per heavy atom. The van der Waals surface area contributed by atoms with Crippen LogP contribution in [0.3, 0.4) is 0 Å². The predicted molar refractivity (Wildman–Crippen MR) is 72.7 cm³/mol. The number of nitrogens with zero attached hydrogens (tertiary/aromatic N) is 2. The smallest absolute Gasteiger partial charge is 0.223 e. The Kier molecular flexibility index (Phi) is 3.16. The Morgan fingerprint density at radius 1 is 1.32 bits per heavy atom. The lowest BCUT2D eigenvalue weighted by molar-refractivity contribution is -0.129. The normalized spacial score (nSPS) is 19.1. The zero-order chi connectivity index (χ0) is 13.2. The molecule has 2 heterocycles. The first-order chi connectivity index (χ1) is 9.24. The molecule has 2 N–H and O–H groups in total. The Balaban J connectivity index is 1.85. The van der Waals surface area contributed by atoms with Crippen molar-refractivity contribution in [2.45, 2.75) is 25.4 Å². The van der Waals surface area contributed by atoms with Crippen LogP contribution in [-0.2, 0) is 11.3 Å². The Morgan fingerprint density at radius 2 is 2.11 bits per heavy atom. The minimum Gasteiger partial charge on any atom is -0.328 e. The molecule has 1 fully saturated rings. The van der Waals surface area contributed by atoms with Gasteiger partial charge < -0.3 is 4.90 Å². The maximum atomic E-state index is 12.0. The van der Waals surface area contributed by atoms with E-state index in [1.807, 2.05) is 35.2 Å². The standard InChI is InChI=1S/C13H14N4OS/c18-11-7-6-10(12-14-13(19)16-15-12)17(11)8-9-4-2-1-3-5-9/h1-5,10H,6-8H2,(H2,14,15,16,19). The van der Waals surface area contributed by atoms with E-state index in [9.17, 15) is 4.79 Å². The molecule has 1 aliphatic heterocycles. The van der Waals surface area contributed by atoms with Gasteiger partial charge >= 0.3 is 0 Å². The summed E-state index contributed by atoms with van der Waals surface area (Å²) in [5, 5.41) is 5.74. The summed E-state index contributed by atoms with van der Waals surface area (Å²) in [7, 11) is 0. The molecule has 1 atom stereocenters. The molecule has 0 spiro atoms. The van der Waals surface area contributed by atoms with Gasteiger partial charge in [0.05, 0.1) is 6.04 Å². The van der Waals surface area contributed by atoms with Crippen molar-refractivity contribution in [1.82, 2.24) is 20.1 Å². The van der Waals surface area contributed by atoms with Crippen LogP contribution in [0.1, 0.15) is 30.3 Å². The Labute approximate surface area is 115 Å². The Hall–Kier alpha value is -1.95. The number of nitrogens with one attached hydrogen (secondary N) is 2. The number of hydrogen-bond donors (Lipinski definition) is 2. The van der Waals surface area contributed by atoms with Crippen molar-refractivity contribution in [2.24, 2.45) is 0 Å². The fraction of sp³-hybridized carbons (Fsp3) is 0.308. The molecule has 0 radical (unpaired) electrons. The SMILES string of the molecule is O=C1CCC(c2nc(=S)[nH][nH]2)N1Cc1ccccc1. The zero-order valence-corrected chi connectivity index (χ0v) is 11.1. The summed E-state index contributed by atoms with van der Waals surface area (Å²) in [6, 6.07) is 9.96. The summed E-state index contributed by atoms with van der Waals surface area (Å²) in [6.07, 6.45) is 1.34. The number of likely N-dealkylation sites (tertiary alicyclic amines) is 1. The molecule has 1 aliphatic rings. The van der Waals surface area contributed by atoms with Crippen molar-refractivity contribution in [3.05, 3.63) is 46.5 Å². The number of carbonyl (C=O) groups is 1. The second-order valence-corrected chi connectivity index (χ2v) is 5.00. The summed E-state index contributed by atoms with van der Waals surface area (Å²) >= 11 is 4.96. The van der Waals surface area contributed by atoms with Crippen molar-refractivity contribution in [2.75, 3.05) is 0 Å². The number of hydrogen-bond acceptors (Lipinski definition) is 3. The third-order valence-electron chi connectivity index (χ3n) is 3.36. The van der Waals surface area contributed by atoms with Crippen LogP contribution in [0.4, 0.5) is 0 Å². The van der Waals surface area contributed by atoms with Gasteiger partial charge in [-0.2, -0.15) is 0 Å². The van der Waals surface area contributed by atoms with Gasteiger partial charge in [0.2, 0.25) is 10.7 Å². The minimum atomic E-state index is -0.0133. The van der Waals surface area contributed by atoms with Crippen LogP contribution in [0.25, 0.3) is 0 Å². The maximum Gasteiger partial charge on any atom is 0.223 e. The average molecular weight is 274 g/mol. The highest BCUT2D eigenvalue weighted by Crippen LogP contribution is 2.31. The molecule has 98 valence electrons. The quantitative estimate of drug-likeness (QED) is 0.844. The first kappa shape index (κ1) is 12.1. The predicted octanol–water partition coefficient (Wildman–Crippen LogP) is 2.33. The van der Waals surface area contributed by atoms with E-state index in [1.54, 1.807) is 0 Å². The van der Waals surface area contributed by atoms with Crippen LogP contribution in [0.2, 0.25) is 0 Å². The summed E-state index contributed by atoms with van der Waals surface area (Å²) in [6.45, 7) is 0.609. The minimum absolute atomic E-state index is 0.0133. The zero-order valence-electron chi connectivity index (χ0n) is 10.3. The molecule has 0 aliphatic carbocycles. The molecule has 0 saturated carbocycles. The van der Waals surface area contributed by atoms with Gasteiger partial charge in [-0.1, -0.05) is 30.3 Å². The van der Waals surface area contributed by atoms with Gasteiger partial charge in [0.25, 0.3) is 0 Å². The van der Waals surface area contributed by atoms with Crippen LogP contribution in [-0.4, -0.2) is 26.0 Å². The van der Waals surface area contributed by atoms with Gasteiger partial charge in [0, 0.05) is 13.0 Å². The molecular formula is C13H14N4OS. The lowest BCUT2D eigenvalue weighted by Gasteiger charge is -2.23. The monoisotopic (exact) mass is 274 g/mol. The van der Waals surface area contributed by atoms with E-state index < -0.39 is 0 Å². The van der Waals surface area contributed by atoms with E-state index in [2.05, 4.69) is 15.2 Å². The number of aromatic amines is 2. The second-order valence-electron chi connectivity index (χ2n) is 4.61. The number of amides is 1.